The van der Waals surface area contributed by atoms with E-state index in [0.717, 1.165) is 39.5 Å². The van der Waals surface area contributed by atoms with E-state index in [1.54, 1.807) is 24.8 Å². The maximum atomic E-state index is 12.6. The van der Waals surface area contributed by atoms with Crippen LogP contribution in [0.1, 0.15) is 23.8 Å². The Morgan fingerprint density at radius 1 is 1.27 bits per heavy atom. The molecule has 7 heteroatoms. The van der Waals surface area contributed by atoms with Crippen LogP contribution < -0.4 is 10.1 Å². The average molecular weight is 386 g/mol. The molecule has 4 rings (SSSR count). The number of carbonyl (C=O) groups excluding carboxylic acids is 1. The minimum atomic E-state index is -0.257. The fourth-order valence-corrected chi connectivity index (χ4v) is 5.37. The first-order valence-electron chi connectivity index (χ1n) is 8.52. The molecule has 2 heterocycles. The summed E-state index contributed by atoms with van der Waals surface area (Å²) in [6.45, 7) is 1.91. The maximum absolute atomic E-state index is 12.6. The average Bonchev–Trinajstić information content (AvgIpc) is 3.23. The molecule has 0 saturated carbocycles. The van der Waals surface area contributed by atoms with Gasteiger partial charge in [-0.2, -0.15) is 0 Å². The summed E-state index contributed by atoms with van der Waals surface area (Å²) >= 11 is 3.26. The molecule has 1 aliphatic rings. The van der Waals surface area contributed by atoms with Gasteiger partial charge in [-0.25, -0.2) is 9.97 Å². The zero-order chi connectivity index (χ0) is 18.1. The first kappa shape index (κ1) is 17.3. The van der Waals surface area contributed by atoms with Crippen molar-refractivity contribution >= 4 is 44.9 Å². The normalized spacial score (nSPS) is 14.2. The van der Waals surface area contributed by atoms with E-state index in [1.807, 2.05) is 31.2 Å². The highest BCUT2D eigenvalue weighted by atomic mass is 32.2. The number of hydrogen-bond acceptors (Lipinski definition) is 6. The lowest BCUT2D eigenvalue weighted by Gasteiger charge is -2.12. The van der Waals surface area contributed by atoms with Gasteiger partial charge in [0.1, 0.15) is 21.9 Å². The summed E-state index contributed by atoms with van der Waals surface area (Å²) in [6.07, 6.45) is 5.02. The van der Waals surface area contributed by atoms with Crippen molar-refractivity contribution in [3.05, 3.63) is 41.0 Å². The molecule has 0 aliphatic heterocycles. The van der Waals surface area contributed by atoms with E-state index in [1.165, 1.54) is 28.6 Å². The molecule has 1 aromatic carbocycles. The van der Waals surface area contributed by atoms with Crippen molar-refractivity contribution in [2.75, 3.05) is 12.4 Å². The van der Waals surface area contributed by atoms with Crippen LogP contribution in [0.4, 0.5) is 5.69 Å². The van der Waals surface area contributed by atoms with Crippen LogP contribution in [-0.2, 0) is 17.6 Å². The van der Waals surface area contributed by atoms with Crippen molar-refractivity contribution in [2.45, 2.75) is 36.5 Å². The summed E-state index contributed by atoms with van der Waals surface area (Å²) in [5, 5.41) is 4.76. The molecule has 0 unspecified atom stereocenters. The van der Waals surface area contributed by atoms with Crippen molar-refractivity contribution in [3.63, 3.8) is 0 Å². The number of thiophene rings is 1. The molecule has 5 nitrogen and oxygen atoms in total. The number of aromatic nitrogens is 2. The quantitative estimate of drug-likeness (QED) is 0.524. The third-order valence-electron chi connectivity index (χ3n) is 4.48. The molecule has 134 valence electrons. The van der Waals surface area contributed by atoms with Gasteiger partial charge in [-0.3, -0.25) is 4.79 Å². The smallest absolute Gasteiger partial charge is 0.237 e. The van der Waals surface area contributed by atoms with Crippen LogP contribution in [-0.4, -0.2) is 28.2 Å². The molecule has 26 heavy (non-hydrogen) atoms. The zero-order valence-corrected chi connectivity index (χ0v) is 16.2. The molecular formula is C19H19N3O2S2. The lowest BCUT2D eigenvalue weighted by atomic mass is 10.2. The minimum Gasteiger partial charge on any atom is -0.497 e. The van der Waals surface area contributed by atoms with E-state index in [2.05, 4.69) is 15.3 Å². The van der Waals surface area contributed by atoms with Gasteiger partial charge in [-0.1, -0.05) is 11.8 Å². The lowest BCUT2D eigenvalue weighted by Crippen LogP contribution is -2.22. The second-order valence-electron chi connectivity index (χ2n) is 6.19. The molecule has 0 saturated heterocycles. The summed E-state index contributed by atoms with van der Waals surface area (Å²) in [4.78, 5) is 23.9. The van der Waals surface area contributed by atoms with Crippen LogP contribution >= 0.6 is 23.1 Å². The molecule has 0 fully saturated rings. The first-order chi connectivity index (χ1) is 12.7. The van der Waals surface area contributed by atoms with Gasteiger partial charge < -0.3 is 10.1 Å². The first-order valence-corrected chi connectivity index (χ1v) is 10.2. The van der Waals surface area contributed by atoms with E-state index < -0.39 is 0 Å². The van der Waals surface area contributed by atoms with Crippen molar-refractivity contribution in [1.82, 2.24) is 9.97 Å². The summed E-state index contributed by atoms with van der Waals surface area (Å²) in [7, 11) is 1.62. The molecule has 1 N–H and O–H groups in total. The maximum Gasteiger partial charge on any atom is 0.237 e. The largest absolute Gasteiger partial charge is 0.497 e. The Balaban J connectivity index is 1.51. The third kappa shape index (κ3) is 3.29. The number of benzene rings is 1. The van der Waals surface area contributed by atoms with Gasteiger partial charge in [0.05, 0.1) is 12.4 Å². The summed E-state index contributed by atoms with van der Waals surface area (Å²) in [5.41, 5.74) is 2.14. The van der Waals surface area contributed by atoms with Crippen LogP contribution in [0.5, 0.6) is 5.75 Å². The Kier molecular flexibility index (Phi) is 4.82. The molecule has 2 aromatic heterocycles. The number of amides is 1. The number of methoxy groups -OCH3 is 1. The zero-order valence-electron chi connectivity index (χ0n) is 14.6. The molecule has 0 spiro atoms. The predicted octanol–water partition coefficient (Wildman–Crippen LogP) is 4.31. The van der Waals surface area contributed by atoms with Crippen LogP contribution in [0, 0.1) is 0 Å². The minimum absolute atomic E-state index is 0.0428. The highest BCUT2D eigenvalue weighted by molar-refractivity contribution is 8.00. The van der Waals surface area contributed by atoms with Gasteiger partial charge in [0.15, 0.2) is 0 Å². The number of fused-ring (bicyclic) bond motifs is 3. The number of carbonyl (C=O) groups is 1. The van der Waals surface area contributed by atoms with Crippen molar-refractivity contribution in [2.24, 2.45) is 0 Å². The molecule has 0 bridgehead atoms. The number of hydrogen-bond donors (Lipinski definition) is 1. The number of anilines is 1. The number of rotatable bonds is 5. The Bertz CT molecular complexity index is 953. The number of aryl methyl sites for hydroxylation is 2. The van der Waals surface area contributed by atoms with Crippen molar-refractivity contribution in [1.29, 1.82) is 0 Å². The topological polar surface area (TPSA) is 64.1 Å². The number of ether oxygens (including phenoxy) is 1. The SMILES string of the molecule is COc1ccc(NC(=O)[C@@H](C)Sc2ncnc3sc4c(c23)CCC4)cc1. The van der Waals surface area contributed by atoms with Crippen LogP contribution in [0.2, 0.25) is 0 Å². The predicted molar refractivity (Wildman–Crippen MR) is 106 cm³/mol. The molecule has 0 radical (unpaired) electrons. The highest BCUT2D eigenvalue weighted by Gasteiger charge is 2.23. The molecular weight excluding hydrogens is 366 g/mol. The van der Waals surface area contributed by atoms with E-state index >= 15 is 0 Å². The van der Waals surface area contributed by atoms with Crippen molar-refractivity contribution < 1.29 is 9.53 Å². The van der Waals surface area contributed by atoms with Crippen LogP contribution in [0.3, 0.4) is 0 Å². The van der Waals surface area contributed by atoms with E-state index in [9.17, 15) is 4.79 Å². The number of nitrogens with one attached hydrogen (secondary N) is 1. The number of thioether (sulfide) groups is 1. The Labute approximate surface area is 160 Å². The van der Waals surface area contributed by atoms with Crippen molar-refractivity contribution in [3.8, 4) is 5.75 Å². The lowest BCUT2D eigenvalue weighted by molar-refractivity contribution is -0.115. The van der Waals surface area contributed by atoms with Gasteiger partial charge in [0, 0.05) is 16.0 Å². The van der Waals surface area contributed by atoms with Gasteiger partial charge in [0.25, 0.3) is 0 Å². The molecule has 1 aliphatic carbocycles. The summed E-state index contributed by atoms with van der Waals surface area (Å²) in [6, 6.07) is 7.33. The summed E-state index contributed by atoms with van der Waals surface area (Å²) in [5.74, 6) is 0.721. The second kappa shape index (κ2) is 7.25. The third-order valence-corrected chi connectivity index (χ3v) is 6.78. The van der Waals surface area contributed by atoms with Gasteiger partial charge in [0.2, 0.25) is 5.91 Å². The number of nitrogens with zero attached hydrogens (tertiary/aromatic N) is 2. The van der Waals surface area contributed by atoms with Gasteiger partial charge in [-0.15, -0.1) is 11.3 Å². The van der Waals surface area contributed by atoms with E-state index in [0.29, 0.717) is 0 Å². The van der Waals surface area contributed by atoms with Gasteiger partial charge >= 0.3 is 0 Å². The molecule has 1 atom stereocenters. The Hall–Kier alpha value is -2.12. The molecule has 1 amide bonds. The fourth-order valence-electron chi connectivity index (χ4n) is 3.13. The molecule has 3 aromatic rings. The Morgan fingerprint density at radius 3 is 2.85 bits per heavy atom. The Morgan fingerprint density at radius 2 is 2.08 bits per heavy atom. The highest BCUT2D eigenvalue weighted by Crippen LogP contribution is 2.40. The fraction of sp³-hybridized carbons (Fsp3) is 0.316. The second-order valence-corrected chi connectivity index (χ2v) is 8.61. The summed E-state index contributed by atoms with van der Waals surface area (Å²) < 4.78 is 5.14. The van der Waals surface area contributed by atoms with Crippen LogP contribution in [0.25, 0.3) is 10.2 Å². The van der Waals surface area contributed by atoms with E-state index in [-0.39, 0.29) is 11.2 Å². The van der Waals surface area contributed by atoms with E-state index in [4.69, 9.17) is 4.74 Å². The van der Waals surface area contributed by atoms with Gasteiger partial charge in [-0.05, 0) is 56.0 Å². The monoisotopic (exact) mass is 385 g/mol. The standard InChI is InChI=1S/C19H19N3O2S2/c1-11(17(23)22-12-6-8-13(24-2)9-7-12)25-18-16-14-4-3-5-15(14)26-19(16)21-10-20-18/h6-11H,3-5H2,1-2H3,(H,22,23)/t11-/m1/s1. The van der Waals surface area contributed by atoms with Crippen LogP contribution in [0.15, 0.2) is 35.6 Å².